The van der Waals surface area contributed by atoms with Crippen LogP contribution < -0.4 is 10.5 Å². The van der Waals surface area contributed by atoms with Gasteiger partial charge >= 0.3 is 0 Å². The molecule has 1 aromatic rings. The highest BCUT2D eigenvalue weighted by Crippen LogP contribution is 2.31. The number of halogens is 1. The van der Waals surface area contributed by atoms with Gasteiger partial charge in [0.05, 0.1) is 16.7 Å². The molecule has 0 saturated carbocycles. The zero-order valence-corrected chi connectivity index (χ0v) is 12.7. The molecule has 0 aromatic heterocycles. The van der Waals surface area contributed by atoms with Crippen molar-refractivity contribution in [3.63, 3.8) is 0 Å². The van der Waals surface area contributed by atoms with Crippen LogP contribution in [0.3, 0.4) is 0 Å². The highest BCUT2D eigenvalue weighted by molar-refractivity contribution is 7.80. The van der Waals surface area contributed by atoms with Crippen molar-refractivity contribution >= 4 is 28.8 Å². The fraction of sp³-hybridized carbons (Fsp3) is 0.500. The van der Waals surface area contributed by atoms with Crippen molar-refractivity contribution < 1.29 is 9.47 Å². The summed E-state index contributed by atoms with van der Waals surface area (Å²) in [7, 11) is 0. The van der Waals surface area contributed by atoms with Gasteiger partial charge in [-0.25, -0.2) is 0 Å². The molecule has 1 aliphatic heterocycles. The van der Waals surface area contributed by atoms with E-state index in [4.69, 9.17) is 39.0 Å². The minimum Gasteiger partial charge on any atom is -0.489 e. The van der Waals surface area contributed by atoms with Crippen LogP contribution in [0.25, 0.3) is 0 Å². The second-order valence-corrected chi connectivity index (χ2v) is 6.21. The van der Waals surface area contributed by atoms with Crippen molar-refractivity contribution in [1.82, 2.24) is 0 Å². The number of nitrogens with two attached hydrogens (primary N) is 1. The van der Waals surface area contributed by atoms with Gasteiger partial charge in [0.2, 0.25) is 0 Å². The second-order valence-electron chi connectivity index (χ2n) is 5.36. The molecule has 2 N–H and O–H groups in total. The maximum absolute atomic E-state index is 6.13. The van der Waals surface area contributed by atoms with Crippen molar-refractivity contribution in [1.29, 1.82) is 0 Å². The molecule has 0 bridgehead atoms. The summed E-state index contributed by atoms with van der Waals surface area (Å²) in [5.41, 5.74) is 6.24. The summed E-state index contributed by atoms with van der Waals surface area (Å²) in [4.78, 5) is 0.328. The Hall–Kier alpha value is -0.840. The number of benzene rings is 1. The average molecular weight is 300 g/mol. The van der Waals surface area contributed by atoms with Gasteiger partial charge in [-0.3, -0.25) is 0 Å². The summed E-state index contributed by atoms with van der Waals surface area (Å²) < 4.78 is 11.6. The molecule has 1 unspecified atom stereocenters. The molecule has 5 heteroatoms. The largest absolute Gasteiger partial charge is 0.489 e. The molecule has 104 valence electrons. The lowest BCUT2D eigenvalue weighted by molar-refractivity contribution is -0.0326. The topological polar surface area (TPSA) is 44.5 Å². The van der Waals surface area contributed by atoms with Gasteiger partial charge in [0.25, 0.3) is 0 Å². The Morgan fingerprint density at radius 2 is 2.32 bits per heavy atom. The third kappa shape index (κ3) is 3.81. The summed E-state index contributed by atoms with van der Waals surface area (Å²) in [6.07, 6.45) is 2.19. The number of rotatable bonds is 4. The van der Waals surface area contributed by atoms with Gasteiger partial charge in [0.15, 0.2) is 0 Å². The zero-order valence-electron chi connectivity index (χ0n) is 11.1. The number of ether oxygens (including phenoxy) is 2. The van der Waals surface area contributed by atoms with Gasteiger partial charge in [0, 0.05) is 5.56 Å². The molecule has 1 aliphatic rings. The third-order valence-electron chi connectivity index (χ3n) is 3.20. The summed E-state index contributed by atoms with van der Waals surface area (Å²) >= 11 is 11.0. The zero-order chi connectivity index (χ0) is 14.0. The first kappa shape index (κ1) is 14.6. The van der Waals surface area contributed by atoms with Crippen LogP contribution in [-0.4, -0.2) is 23.3 Å². The third-order valence-corrected chi connectivity index (χ3v) is 3.73. The van der Waals surface area contributed by atoms with Crippen molar-refractivity contribution in [3.8, 4) is 5.75 Å². The second kappa shape index (κ2) is 5.65. The van der Waals surface area contributed by atoms with E-state index in [9.17, 15) is 0 Å². The molecular formula is C14H18ClNO2S. The van der Waals surface area contributed by atoms with Crippen LogP contribution in [0, 0.1) is 0 Å². The first-order chi connectivity index (χ1) is 8.87. The molecule has 1 saturated heterocycles. The molecule has 0 spiro atoms. The molecule has 1 fully saturated rings. The highest BCUT2D eigenvalue weighted by Gasteiger charge is 2.31. The van der Waals surface area contributed by atoms with E-state index in [0.717, 1.165) is 18.4 Å². The number of thiocarbonyl (C=S) groups is 1. The van der Waals surface area contributed by atoms with E-state index in [2.05, 4.69) is 13.8 Å². The molecule has 1 aromatic carbocycles. The molecule has 0 amide bonds. The van der Waals surface area contributed by atoms with Gasteiger partial charge in [-0.1, -0.05) is 23.8 Å². The highest BCUT2D eigenvalue weighted by atomic mass is 35.5. The quantitative estimate of drug-likeness (QED) is 0.866. The molecular weight excluding hydrogens is 282 g/mol. The fourth-order valence-corrected chi connectivity index (χ4v) is 2.51. The van der Waals surface area contributed by atoms with E-state index >= 15 is 0 Å². The Morgan fingerprint density at radius 1 is 1.58 bits per heavy atom. The van der Waals surface area contributed by atoms with Gasteiger partial charge < -0.3 is 15.2 Å². The molecule has 0 radical (unpaired) electrons. The van der Waals surface area contributed by atoms with E-state index in [1.807, 2.05) is 6.07 Å². The standard InChI is InChI=1S/C14H18ClNO2S/c1-14(2)6-5-10(18-14)8-17-12-4-3-9(13(16)19)7-11(12)15/h3-4,7,10H,5-6,8H2,1-2H3,(H2,16,19). The van der Waals surface area contributed by atoms with E-state index in [-0.39, 0.29) is 11.7 Å². The normalized spacial score (nSPS) is 21.3. The van der Waals surface area contributed by atoms with Crippen LogP contribution in [0.15, 0.2) is 18.2 Å². The predicted octanol–water partition coefficient (Wildman–Crippen LogP) is 3.31. The van der Waals surface area contributed by atoms with Crippen molar-refractivity contribution in [2.75, 3.05) is 6.61 Å². The predicted molar refractivity (Wildman–Crippen MR) is 81.0 cm³/mol. The van der Waals surface area contributed by atoms with Crippen LogP contribution in [0.1, 0.15) is 32.3 Å². The molecule has 0 aliphatic carbocycles. The Labute approximate surface area is 124 Å². The van der Waals surface area contributed by atoms with Crippen LogP contribution in [0.2, 0.25) is 5.02 Å². The summed E-state index contributed by atoms with van der Waals surface area (Å²) in [6.45, 7) is 4.70. The van der Waals surface area contributed by atoms with Gasteiger partial charge in [-0.2, -0.15) is 0 Å². The van der Waals surface area contributed by atoms with E-state index in [1.54, 1.807) is 12.1 Å². The molecule has 2 rings (SSSR count). The van der Waals surface area contributed by atoms with Crippen molar-refractivity contribution in [2.24, 2.45) is 5.73 Å². The Balaban J connectivity index is 1.95. The summed E-state index contributed by atoms with van der Waals surface area (Å²) in [6, 6.07) is 5.32. The lowest BCUT2D eigenvalue weighted by Crippen LogP contribution is -2.24. The minimum absolute atomic E-state index is 0.0482. The van der Waals surface area contributed by atoms with Crippen molar-refractivity contribution in [3.05, 3.63) is 28.8 Å². The Kier molecular flexibility index (Phi) is 4.33. The SMILES string of the molecule is CC1(C)CCC(COc2ccc(C(N)=S)cc2Cl)O1. The van der Waals surface area contributed by atoms with E-state index in [1.165, 1.54) is 0 Å². The lowest BCUT2D eigenvalue weighted by Gasteiger charge is -2.19. The molecule has 3 nitrogen and oxygen atoms in total. The maximum Gasteiger partial charge on any atom is 0.138 e. The van der Waals surface area contributed by atoms with E-state index < -0.39 is 0 Å². The number of hydrogen-bond acceptors (Lipinski definition) is 3. The van der Waals surface area contributed by atoms with Crippen LogP contribution in [0.4, 0.5) is 0 Å². The van der Waals surface area contributed by atoms with Gasteiger partial charge in [-0.05, 0) is 44.9 Å². The number of hydrogen-bond donors (Lipinski definition) is 1. The van der Waals surface area contributed by atoms with Crippen LogP contribution in [-0.2, 0) is 4.74 Å². The Morgan fingerprint density at radius 3 is 2.84 bits per heavy atom. The van der Waals surface area contributed by atoms with Crippen LogP contribution >= 0.6 is 23.8 Å². The average Bonchev–Trinajstić information content (AvgIpc) is 2.67. The summed E-state index contributed by atoms with van der Waals surface area (Å²) in [5, 5.41) is 0.516. The van der Waals surface area contributed by atoms with Crippen molar-refractivity contribution in [2.45, 2.75) is 38.4 Å². The first-order valence-electron chi connectivity index (χ1n) is 6.27. The Bertz CT molecular complexity index is 490. The maximum atomic E-state index is 6.13. The molecule has 19 heavy (non-hydrogen) atoms. The van der Waals surface area contributed by atoms with Crippen LogP contribution in [0.5, 0.6) is 5.75 Å². The van der Waals surface area contributed by atoms with E-state index in [0.29, 0.717) is 22.4 Å². The van der Waals surface area contributed by atoms with Gasteiger partial charge in [-0.15, -0.1) is 0 Å². The molecule has 1 heterocycles. The smallest absolute Gasteiger partial charge is 0.138 e. The molecule has 1 atom stereocenters. The van der Waals surface area contributed by atoms with Gasteiger partial charge in [0.1, 0.15) is 17.3 Å². The fourth-order valence-electron chi connectivity index (χ4n) is 2.15. The monoisotopic (exact) mass is 299 g/mol. The minimum atomic E-state index is -0.0482. The summed E-state index contributed by atoms with van der Waals surface area (Å²) in [5.74, 6) is 0.634. The first-order valence-corrected chi connectivity index (χ1v) is 7.06. The lowest BCUT2D eigenvalue weighted by atomic mass is 10.1.